The Bertz CT molecular complexity index is 563. The van der Waals surface area contributed by atoms with E-state index >= 15 is 0 Å². The van der Waals surface area contributed by atoms with Crippen molar-refractivity contribution in [2.24, 2.45) is 5.92 Å². The lowest BCUT2D eigenvalue weighted by Crippen LogP contribution is -2.21. The summed E-state index contributed by atoms with van der Waals surface area (Å²) in [4.78, 5) is 2.09. The van der Waals surface area contributed by atoms with Crippen LogP contribution in [0.15, 0.2) is 73.1 Å². The first-order chi connectivity index (χ1) is 11.3. The predicted molar refractivity (Wildman–Crippen MR) is 96.7 cm³/mol. The number of rotatable bonds is 6. The predicted octanol–water partition coefficient (Wildman–Crippen LogP) is 5.89. The van der Waals surface area contributed by atoms with Gasteiger partial charge < -0.3 is 4.74 Å². The van der Waals surface area contributed by atoms with Crippen molar-refractivity contribution in [2.75, 3.05) is 11.5 Å². The Morgan fingerprint density at radius 1 is 0.870 bits per heavy atom. The fraction of sp³-hybridized carbons (Fsp3) is 0.333. The molecule has 0 aliphatic heterocycles. The fourth-order valence-electron chi connectivity index (χ4n) is 3.22. The molecule has 2 aromatic rings. The van der Waals surface area contributed by atoms with Crippen molar-refractivity contribution >= 4 is 11.4 Å². The minimum atomic E-state index is 0.675. The average Bonchev–Trinajstić information content (AvgIpc) is 2.63. The number of benzene rings is 2. The van der Waals surface area contributed by atoms with E-state index in [4.69, 9.17) is 4.74 Å². The monoisotopic (exact) mass is 307 g/mol. The van der Waals surface area contributed by atoms with Gasteiger partial charge in [0, 0.05) is 11.4 Å². The van der Waals surface area contributed by atoms with E-state index in [1.54, 1.807) is 0 Å². The standard InChI is InChI=1S/C21H25NO/c1-18(23-17-19-11-5-2-6-12-19)22(20-13-7-3-8-14-20)21-15-9-4-10-16-21/h3-4,7-10,13-16,19H,1-2,5-6,11-12,17H2. The molecule has 23 heavy (non-hydrogen) atoms. The smallest absolute Gasteiger partial charge is 0.191 e. The second-order valence-corrected chi connectivity index (χ2v) is 6.22. The molecule has 120 valence electrons. The van der Waals surface area contributed by atoms with Gasteiger partial charge >= 0.3 is 0 Å². The highest BCUT2D eigenvalue weighted by atomic mass is 16.5. The highest BCUT2D eigenvalue weighted by Crippen LogP contribution is 2.30. The second kappa shape index (κ2) is 7.87. The first-order valence-corrected chi connectivity index (χ1v) is 8.56. The third kappa shape index (κ3) is 4.16. The molecule has 0 aromatic heterocycles. The van der Waals surface area contributed by atoms with Crippen molar-refractivity contribution in [3.63, 3.8) is 0 Å². The number of ether oxygens (including phenoxy) is 1. The first-order valence-electron chi connectivity index (χ1n) is 8.56. The van der Waals surface area contributed by atoms with Crippen LogP contribution >= 0.6 is 0 Å². The molecule has 2 heteroatoms. The summed E-state index contributed by atoms with van der Waals surface area (Å²) in [6.45, 7) is 4.97. The lowest BCUT2D eigenvalue weighted by molar-refractivity contribution is 0.141. The van der Waals surface area contributed by atoms with Crippen LogP contribution in [0.4, 0.5) is 11.4 Å². The van der Waals surface area contributed by atoms with Crippen LogP contribution in [0.5, 0.6) is 0 Å². The molecule has 1 saturated carbocycles. The third-order valence-electron chi connectivity index (χ3n) is 4.49. The van der Waals surface area contributed by atoms with Crippen LogP contribution in [0.2, 0.25) is 0 Å². The number of anilines is 2. The highest BCUT2D eigenvalue weighted by molar-refractivity contribution is 5.66. The van der Waals surface area contributed by atoms with E-state index in [9.17, 15) is 0 Å². The molecule has 1 fully saturated rings. The van der Waals surface area contributed by atoms with Gasteiger partial charge in [0.05, 0.1) is 6.61 Å². The van der Waals surface area contributed by atoms with Crippen LogP contribution in [0.1, 0.15) is 32.1 Å². The molecule has 0 heterocycles. The second-order valence-electron chi connectivity index (χ2n) is 6.22. The average molecular weight is 307 g/mol. The summed E-state index contributed by atoms with van der Waals surface area (Å²) in [6, 6.07) is 20.6. The summed E-state index contributed by atoms with van der Waals surface area (Å²) >= 11 is 0. The quantitative estimate of drug-likeness (QED) is 0.617. The van der Waals surface area contributed by atoms with Crippen LogP contribution in [0, 0.1) is 5.92 Å². The van der Waals surface area contributed by atoms with Crippen molar-refractivity contribution in [3.8, 4) is 0 Å². The van der Waals surface area contributed by atoms with E-state index in [1.807, 2.05) is 36.4 Å². The molecule has 0 atom stereocenters. The number of nitrogens with zero attached hydrogens (tertiary/aromatic N) is 1. The minimum absolute atomic E-state index is 0.675. The minimum Gasteiger partial charge on any atom is -0.479 e. The van der Waals surface area contributed by atoms with E-state index < -0.39 is 0 Å². The highest BCUT2D eigenvalue weighted by Gasteiger charge is 2.18. The summed E-state index contributed by atoms with van der Waals surface area (Å²) in [6.07, 6.45) is 6.61. The lowest BCUT2D eigenvalue weighted by atomic mass is 9.90. The van der Waals surface area contributed by atoms with E-state index in [0.29, 0.717) is 11.8 Å². The van der Waals surface area contributed by atoms with Gasteiger partial charge in [-0.05, 0) is 49.6 Å². The molecule has 0 amide bonds. The van der Waals surface area contributed by atoms with E-state index in [2.05, 4.69) is 35.7 Å². The van der Waals surface area contributed by atoms with E-state index in [-0.39, 0.29) is 0 Å². The molecule has 3 rings (SSSR count). The van der Waals surface area contributed by atoms with Gasteiger partial charge in [0.1, 0.15) is 0 Å². The van der Waals surface area contributed by atoms with Gasteiger partial charge in [0.25, 0.3) is 0 Å². The summed E-state index contributed by atoms with van der Waals surface area (Å²) in [5, 5.41) is 0. The van der Waals surface area contributed by atoms with E-state index in [0.717, 1.165) is 18.0 Å². The Hall–Kier alpha value is -2.22. The van der Waals surface area contributed by atoms with Crippen molar-refractivity contribution in [1.29, 1.82) is 0 Å². The van der Waals surface area contributed by atoms with Crippen LogP contribution < -0.4 is 4.90 Å². The first kappa shape index (κ1) is 15.7. The summed E-state index contributed by atoms with van der Waals surface area (Å²) in [7, 11) is 0. The van der Waals surface area contributed by atoms with Gasteiger partial charge in [0.15, 0.2) is 5.88 Å². The molecular formula is C21H25NO. The molecule has 2 aromatic carbocycles. The molecule has 1 aliphatic rings. The normalized spacial score (nSPS) is 15.1. The van der Waals surface area contributed by atoms with Crippen LogP contribution in [-0.4, -0.2) is 6.61 Å². The molecule has 0 unspecified atom stereocenters. The lowest BCUT2D eigenvalue weighted by Gasteiger charge is -2.29. The number of hydrogen-bond donors (Lipinski definition) is 0. The van der Waals surface area contributed by atoms with Gasteiger partial charge in [-0.1, -0.05) is 55.7 Å². The zero-order valence-electron chi connectivity index (χ0n) is 13.7. The number of hydrogen-bond acceptors (Lipinski definition) is 2. The maximum atomic E-state index is 6.08. The zero-order valence-corrected chi connectivity index (χ0v) is 13.7. The Labute approximate surface area is 139 Å². The maximum Gasteiger partial charge on any atom is 0.191 e. The van der Waals surface area contributed by atoms with Crippen LogP contribution in [-0.2, 0) is 4.74 Å². The SMILES string of the molecule is C=C(OCC1CCCCC1)N(c1ccccc1)c1ccccc1. The Balaban J connectivity index is 1.74. The molecule has 0 spiro atoms. The van der Waals surface area contributed by atoms with Crippen LogP contribution in [0.3, 0.4) is 0 Å². The molecule has 1 aliphatic carbocycles. The third-order valence-corrected chi connectivity index (χ3v) is 4.49. The van der Waals surface area contributed by atoms with Gasteiger partial charge in [-0.3, -0.25) is 4.90 Å². The Morgan fingerprint density at radius 3 is 1.91 bits per heavy atom. The van der Waals surface area contributed by atoms with Crippen molar-refractivity contribution in [3.05, 3.63) is 73.1 Å². The van der Waals surface area contributed by atoms with Crippen molar-refractivity contribution in [2.45, 2.75) is 32.1 Å². The van der Waals surface area contributed by atoms with Gasteiger partial charge in [0.2, 0.25) is 0 Å². The Morgan fingerprint density at radius 2 is 1.39 bits per heavy atom. The molecule has 0 N–H and O–H groups in total. The summed E-state index contributed by atoms with van der Waals surface area (Å²) < 4.78 is 6.08. The molecule has 2 nitrogen and oxygen atoms in total. The van der Waals surface area contributed by atoms with Gasteiger partial charge in [-0.15, -0.1) is 0 Å². The molecular weight excluding hydrogens is 282 g/mol. The number of para-hydroxylation sites is 2. The Kier molecular flexibility index (Phi) is 5.36. The van der Waals surface area contributed by atoms with Crippen molar-refractivity contribution in [1.82, 2.24) is 0 Å². The van der Waals surface area contributed by atoms with Crippen molar-refractivity contribution < 1.29 is 4.74 Å². The molecule has 0 radical (unpaired) electrons. The molecule has 0 saturated heterocycles. The summed E-state index contributed by atoms with van der Waals surface area (Å²) in [5.74, 6) is 1.38. The van der Waals surface area contributed by atoms with E-state index in [1.165, 1.54) is 32.1 Å². The largest absolute Gasteiger partial charge is 0.479 e. The summed E-state index contributed by atoms with van der Waals surface area (Å²) in [5.41, 5.74) is 2.15. The van der Waals surface area contributed by atoms with Crippen LogP contribution in [0.25, 0.3) is 0 Å². The maximum absolute atomic E-state index is 6.08. The van der Waals surface area contributed by atoms with Gasteiger partial charge in [-0.25, -0.2) is 0 Å². The topological polar surface area (TPSA) is 12.5 Å². The van der Waals surface area contributed by atoms with Gasteiger partial charge in [-0.2, -0.15) is 0 Å². The fourth-order valence-corrected chi connectivity index (χ4v) is 3.22. The molecule has 0 bridgehead atoms. The zero-order chi connectivity index (χ0) is 15.9.